The number of hydrogen-bond donors (Lipinski definition) is 2. The van der Waals surface area contributed by atoms with Crippen LogP contribution in [0.15, 0.2) is 48.5 Å². The summed E-state index contributed by atoms with van der Waals surface area (Å²) >= 11 is 5.95. The van der Waals surface area contributed by atoms with Crippen LogP contribution in [0.1, 0.15) is 11.6 Å². The highest BCUT2D eigenvalue weighted by molar-refractivity contribution is 6.30. The second-order valence-electron chi connectivity index (χ2n) is 4.98. The Kier molecular flexibility index (Phi) is 4.70. The average Bonchev–Trinajstić information content (AvgIpc) is 2.44. The van der Waals surface area contributed by atoms with Crippen molar-refractivity contribution in [2.24, 2.45) is 5.73 Å². The van der Waals surface area contributed by atoms with Gasteiger partial charge in [-0.25, -0.2) is 0 Å². The molecule has 0 aliphatic carbocycles. The molecule has 0 spiro atoms. The first-order chi connectivity index (χ1) is 9.97. The van der Waals surface area contributed by atoms with Gasteiger partial charge in [0, 0.05) is 30.5 Å². The van der Waals surface area contributed by atoms with E-state index in [1.54, 1.807) is 12.1 Å². The number of primary amides is 1. The van der Waals surface area contributed by atoms with Gasteiger partial charge in [0.15, 0.2) is 0 Å². The molecule has 2 rings (SSSR count). The first-order valence-corrected chi connectivity index (χ1v) is 6.94. The summed E-state index contributed by atoms with van der Waals surface area (Å²) in [5, 5.41) is 3.71. The van der Waals surface area contributed by atoms with E-state index in [0.29, 0.717) is 5.02 Å². The predicted molar refractivity (Wildman–Crippen MR) is 87.8 cm³/mol. The Bertz CT molecular complexity index is 626. The van der Waals surface area contributed by atoms with Crippen molar-refractivity contribution < 1.29 is 4.79 Å². The van der Waals surface area contributed by atoms with Crippen LogP contribution >= 0.6 is 11.6 Å². The number of nitrogens with zero attached hydrogens (tertiary/aromatic N) is 1. The van der Waals surface area contributed by atoms with Gasteiger partial charge < -0.3 is 16.0 Å². The van der Waals surface area contributed by atoms with Crippen molar-refractivity contribution in [3.63, 3.8) is 0 Å². The molecule has 1 atom stereocenters. The zero-order valence-electron chi connectivity index (χ0n) is 12.0. The normalized spacial score (nSPS) is 11.8. The van der Waals surface area contributed by atoms with Gasteiger partial charge in [0.25, 0.3) is 0 Å². The number of carbonyl (C=O) groups excluding carboxylic acids is 1. The van der Waals surface area contributed by atoms with Crippen LogP contribution in [0.5, 0.6) is 0 Å². The summed E-state index contributed by atoms with van der Waals surface area (Å²) < 4.78 is 0. The first kappa shape index (κ1) is 15.2. The monoisotopic (exact) mass is 303 g/mol. The van der Waals surface area contributed by atoms with Crippen molar-refractivity contribution in [3.8, 4) is 0 Å². The molecule has 0 saturated carbocycles. The van der Waals surface area contributed by atoms with Crippen molar-refractivity contribution >= 4 is 28.9 Å². The number of rotatable bonds is 5. The number of hydrogen-bond acceptors (Lipinski definition) is 3. The summed E-state index contributed by atoms with van der Waals surface area (Å²) in [4.78, 5) is 13.7. The molecule has 0 radical (unpaired) electrons. The maximum absolute atomic E-state index is 11.7. The van der Waals surface area contributed by atoms with E-state index in [2.05, 4.69) is 5.32 Å². The van der Waals surface area contributed by atoms with Crippen molar-refractivity contribution in [2.75, 3.05) is 24.3 Å². The van der Waals surface area contributed by atoms with Crippen LogP contribution in [0.25, 0.3) is 0 Å². The van der Waals surface area contributed by atoms with E-state index in [-0.39, 0.29) is 0 Å². The molecule has 1 amide bonds. The summed E-state index contributed by atoms with van der Waals surface area (Å²) in [7, 11) is 3.93. The standard InChI is InChI=1S/C16H18ClN3O/c1-20(2)14-8-6-11(7-9-14)15(16(18)21)19-13-5-3-4-12(17)10-13/h3-10,15,19H,1-2H3,(H2,18,21). The quantitative estimate of drug-likeness (QED) is 0.892. The summed E-state index contributed by atoms with van der Waals surface area (Å²) in [6, 6.07) is 14.3. The Hall–Kier alpha value is -2.20. The molecule has 0 heterocycles. The molecular weight excluding hydrogens is 286 g/mol. The Morgan fingerprint density at radius 3 is 2.38 bits per heavy atom. The number of amides is 1. The molecule has 21 heavy (non-hydrogen) atoms. The van der Waals surface area contributed by atoms with E-state index in [4.69, 9.17) is 17.3 Å². The largest absolute Gasteiger partial charge is 0.378 e. The number of carbonyl (C=O) groups is 1. The average molecular weight is 304 g/mol. The molecule has 1 unspecified atom stereocenters. The van der Waals surface area contributed by atoms with E-state index in [1.807, 2.05) is 55.4 Å². The number of nitrogens with two attached hydrogens (primary N) is 1. The van der Waals surface area contributed by atoms with E-state index in [1.165, 1.54) is 0 Å². The maximum atomic E-state index is 11.7. The van der Waals surface area contributed by atoms with Crippen molar-refractivity contribution in [2.45, 2.75) is 6.04 Å². The van der Waals surface area contributed by atoms with Gasteiger partial charge in [-0.05, 0) is 35.9 Å². The van der Waals surface area contributed by atoms with Gasteiger partial charge in [0.2, 0.25) is 5.91 Å². The number of halogens is 1. The van der Waals surface area contributed by atoms with Gasteiger partial charge in [-0.1, -0.05) is 29.8 Å². The number of anilines is 2. The number of benzene rings is 2. The van der Waals surface area contributed by atoms with Crippen LogP contribution in [-0.2, 0) is 4.79 Å². The fourth-order valence-corrected chi connectivity index (χ4v) is 2.22. The highest BCUT2D eigenvalue weighted by Crippen LogP contribution is 2.23. The Labute approximate surface area is 129 Å². The molecular formula is C16H18ClN3O. The van der Waals surface area contributed by atoms with Crippen LogP contribution in [-0.4, -0.2) is 20.0 Å². The second kappa shape index (κ2) is 6.50. The van der Waals surface area contributed by atoms with Gasteiger partial charge in [0.05, 0.1) is 0 Å². The SMILES string of the molecule is CN(C)c1ccc(C(Nc2cccc(Cl)c2)C(N)=O)cc1. The zero-order chi connectivity index (χ0) is 15.4. The van der Waals surface area contributed by atoms with Gasteiger partial charge in [0.1, 0.15) is 6.04 Å². The van der Waals surface area contributed by atoms with Crippen molar-refractivity contribution in [1.82, 2.24) is 0 Å². The third-order valence-electron chi connectivity index (χ3n) is 3.16. The highest BCUT2D eigenvalue weighted by Gasteiger charge is 2.17. The molecule has 0 aromatic heterocycles. The molecule has 0 bridgehead atoms. The fourth-order valence-electron chi connectivity index (χ4n) is 2.03. The molecule has 2 aromatic carbocycles. The van der Waals surface area contributed by atoms with Gasteiger partial charge in [-0.3, -0.25) is 4.79 Å². The first-order valence-electron chi connectivity index (χ1n) is 6.56. The van der Waals surface area contributed by atoms with Crippen LogP contribution < -0.4 is 16.0 Å². The molecule has 0 fully saturated rings. The van der Waals surface area contributed by atoms with E-state index < -0.39 is 11.9 Å². The van der Waals surface area contributed by atoms with Gasteiger partial charge in [-0.2, -0.15) is 0 Å². The number of nitrogens with one attached hydrogen (secondary N) is 1. The molecule has 110 valence electrons. The predicted octanol–water partition coefficient (Wildman–Crippen LogP) is 3.04. The summed E-state index contributed by atoms with van der Waals surface area (Å²) in [5.74, 6) is -0.437. The Morgan fingerprint density at radius 2 is 1.86 bits per heavy atom. The Morgan fingerprint density at radius 1 is 1.19 bits per heavy atom. The fraction of sp³-hybridized carbons (Fsp3) is 0.188. The van der Waals surface area contributed by atoms with Crippen LogP contribution in [0, 0.1) is 0 Å². The third-order valence-corrected chi connectivity index (χ3v) is 3.40. The molecule has 2 aromatic rings. The molecule has 3 N–H and O–H groups in total. The van der Waals surface area contributed by atoms with E-state index >= 15 is 0 Å². The molecule has 4 nitrogen and oxygen atoms in total. The van der Waals surface area contributed by atoms with Crippen molar-refractivity contribution in [3.05, 3.63) is 59.1 Å². The molecule has 0 aliphatic heterocycles. The van der Waals surface area contributed by atoms with Gasteiger partial charge >= 0.3 is 0 Å². The molecule has 0 aliphatic rings. The van der Waals surface area contributed by atoms with Crippen LogP contribution in [0.4, 0.5) is 11.4 Å². The van der Waals surface area contributed by atoms with Crippen LogP contribution in [0.2, 0.25) is 5.02 Å². The lowest BCUT2D eigenvalue weighted by Crippen LogP contribution is -2.27. The van der Waals surface area contributed by atoms with Gasteiger partial charge in [-0.15, -0.1) is 0 Å². The van der Waals surface area contributed by atoms with E-state index in [9.17, 15) is 4.79 Å². The minimum atomic E-state index is -0.598. The summed E-state index contributed by atoms with van der Waals surface area (Å²) in [5.41, 5.74) is 8.13. The zero-order valence-corrected chi connectivity index (χ0v) is 12.8. The summed E-state index contributed by atoms with van der Waals surface area (Å²) in [6.45, 7) is 0. The third kappa shape index (κ3) is 3.89. The topological polar surface area (TPSA) is 58.4 Å². The second-order valence-corrected chi connectivity index (χ2v) is 5.41. The highest BCUT2D eigenvalue weighted by atomic mass is 35.5. The van der Waals surface area contributed by atoms with Crippen LogP contribution in [0.3, 0.4) is 0 Å². The minimum absolute atomic E-state index is 0.437. The van der Waals surface area contributed by atoms with E-state index in [0.717, 1.165) is 16.9 Å². The molecule has 0 saturated heterocycles. The minimum Gasteiger partial charge on any atom is -0.378 e. The lowest BCUT2D eigenvalue weighted by atomic mass is 10.1. The molecule has 5 heteroatoms. The maximum Gasteiger partial charge on any atom is 0.244 e. The lowest BCUT2D eigenvalue weighted by molar-refractivity contribution is -0.118. The Balaban J connectivity index is 2.24. The van der Waals surface area contributed by atoms with Crippen molar-refractivity contribution in [1.29, 1.82) is 0 Å². The lowest BCUT2D eigenvalue weighted by Gasteiger charge is -2.19. The summed E-state index contributed by atoms with van der Waals surface area (Å²) in [6.07, 6.45) is 0. The smallest absolute Gasteiger partial charge is 0.244 e.